The van der Waals surface area contributed by atoms with Gasteiger partial charge in [-0.15, -0.1) is 0 Å². The summed E-state index contributed by atoms with van der Waals surface area (Å²) in [5, 5.41) is 19.5. The van der Waals surface area contributed by atoms with Crippen LogP contribution in [0, 0.1) is 34.3 Å². The lowest BCUT2D eigenvalue weighted by Gasteiger charge is -2.43. The molecule has 1 saturated heterocycles. The van der Waals surface area contributed by atoms with Crippen molar-refractivity contribution in [3.63, 3.8) is 0 Å². The average molecular weight is 497 g/mol. The molecule has 0 amide bonds. The van der Waals surface area contributed by atoms with Gasteiger partial charge in [0.25, 0.3) is 5.56 Å². The molecule has 0 saturated carbocycles. The number of nitrogens with zero attached hydrogens (tertiary/aromatic N) is 6. The van der Waals surface area contributed by atoms with Gasteiger partial charge in [-0.1, -0.05) is 24.3 Å². The zero-order valence-electron chi connectivity index (χ0n) is 20.0. The van der Waals surface area contributed by atoms with Gasteiger partial charge in [0, 0.05) is 32.7 Å². The standard InChI is InChI=1S/C28H22F2N6O/c1-34-24-11-10-22(15-31)33-27(24)25(14-26(34)37)35-12-13-36(23(16-32)17-35)28(18-2-6-20(29)7-3-18)19-4-8-21(30)9-5-19/h2-11,14,23,28H,12-13,17H2,1H3. The van der Waals surface area contributed by atoms with Crippen LogP contribution in [0.25, 0.3) is 11.0 Å². The van der Waals surface area contributed by atoms with Crippen LogP contribution in [0.5, 0.6) is 0 Å². The Balaban J connectivity index is 1.54. The fraction of sp³-hybridized carbons (Fsp3) is 0.214. The summed E-state index contributed by atoms with van der Waals surface area (Å²) in [5.41, 5.74) is 3.24. The number of pyridine rings is 2. The molecule has 2 aromatic heterocycles. The van der Waals surface area contributed by atoms with Gasteiger partial charge in [0.2, 0.25) is 0 Å². The molecule has 1 atom stereocenters. The third-order valence-corrected chi connectivity index (χ3v) is 6.80. The number of aromatic nitrogens is 2. The highest BCUT2D eigenvalue weighted by atomic mass is 19.1. The van der Waals surface area contributed by atoms with E-state index in [9.17, 15) is 24.1 Å². The minimum absolute atomic E-state index is 0.222. The number of hydrogen-bond donors (Lipinski definition) is 0. The van der Waals surface area contributed by atoms with E-state index in [1.807, 2.05) is 15.9 Å². The van der Waals surface area contributed by atoms with Crippen LogP contribution in [0.3, 0.4) is 0 Å². The Labute approximate surface area is 212 Å². The number of piperazine rings is 1. The van der Waals surface area contributed by atoms with Gasteiger partial charge in [-0.2, -0.15) is 10.5 Å². The van der Waals surface area contributed by atoms with Gasteiger partial charge in [0.15, 0.2) is 0 Å². The maximum atomic E-state index is 13.7. The second kappa shape index (κ2) is 9.81. The molecule has 1 aliphatic rings. The lowest BCUT2D eigenvalue weighted by Crippen LogP contribution is -2.54. The first-order chi connectivity index (χ1) is 17.9. The Morgan fingerprint density at radius 1 is 0.946 bits per heavy atom. The van der Waals surface area contributed by atoms with Crippen molar-refractivity contribution in [2.45, 2.75) is 12.1 Å². The third-order valence-electron chi connectivity index (χ3n) is 6.80. The van der Waals surface area contributed by atoms with Gasteiger partial charge in [0.05, 0.1) is 23.3 Å². The van der Waals surface area contributed by atoms with Crippen LogP contribution in [0.1, 0.15) is 22.9 Å². The SMILES string of the molecule is Cn1c(=O)cc(N2CCN(C(c3ccc(F)cc3)c3ccc(F)cc3)C(C#N)C2)c2nc(C#N)ccc21. The van der Waals surface area contributed by atoms with Crippen LogP contribution in [0.2, 0.25) is 0 Å². The van der Waals surface area contributed by atoms with Gasteiger partial charge < -0.3 is 9.47 Å². The molecule has 7 nitrogen and oxygen atoms in total. The Hall–Kier alpha value is -4.60. The number of halogens is 2. The quantitative estimate of drug-likeness (QED) is 0.426. The summed E-state index contributed by atoms with van der Waals surface area (Å²) in [4.78, 5) is 21.1. The fourth-order valence-corrected chi connectivity index (χ4v) is 4.92. The third kappa shape index (κ3) is 4.53. The van der Waals surface area contributed by atoms with Gasteiger partial charge in [0.1, 0.15) is 35.0 Å². The lowest BCUT2D eigenvalue weighted by molar-refractivity contribution is 0.172. The normalized spacial score (nSPS) is 16.1. The number of aryl methyl sites for hydroxylation is 1. The first-order valence-corrected chi connectivity index (χ1v) is 11.7. The Bertz CT molecular complexity index is 1560. The van der Waals surface area contributed by atoms with Crippen LogP contribution in [0.4, 0.5) is 14.5 Å². The number of fused-ring (bicyclic) bond motifs is 1. The number of benzene rings is 2. The van der Waals surface area contributed by atoms with Crippen molar-refractivity contribution in [3.05, 3.63) is 106 Å². The monoisotopic (exact) mass is 496 g/mol. The molecule has 1 fully saturated rings. The van der Waals surface area contributed by atoms with Gasteiger partial charge >= 0.3 is 0 Å². The Kier molecular flexibility index (Phi) is 6.39. The summed E-state index contributed by atoms with van der Waals surface area (Å²) >= 11 is 0. The average Bonchev–Trinajstić information content (AvgIpc) is 2.92. The minimum Gasteiger partial charge on any atom is -0.366 e. The van der Waals surface area contributed by atoms with Crippen molar-refractivity contribution in [1.82, 2.24) is 14.5 Å². The van der Waals surface area contributed by atoms with Crippen molar-refractivity contribution in [3.8, 4) is 12.1 Å². The lowest BCUT2D eigenvalue weighted by atomic mass is 9.94. The van der Waals surface area contributed by atoms with Crippen LogP contribution in [0.15, 0.2) is 71.5 Å². The van der Waals surface area contributed by atoms with Crippen molar-refractivity contribution in [2.24, 2.45) is 7.05 Å². The number of anilines is 1. The van der Waals surface area contributed by atoms with Crippen molar-refractivity contribution in [1.29, 1.82) is 10.5 Å². The molecule has 9 heteroatoms. The van der Waals surface area contributed by atoms with E-state index in [0.717, 1.165) is 11.1 Å². The summed E-state index contributed by atoms with van der Waals surface area (Å²) in [6, 6.07) is 20.3. The summed E-state index contributed by atoms with van der Waals surface area (Å²) in [5.74, 6) is -0.741. The highest BCUT2D eigenvalue weighted by Crippen LogP contribution is 2.34. The Morgan fingerprint density at radius 3 is 2.14 bits per heavy atom. The maximum absolute atomic E-state index is 13.7. The molecule has 2 aromatic carbocycles. The molecular formula is C28H22F2N6O. The molecule has 1 unspecified atom stereocenters. The molecule has 5 rings (SSSR count). The molecule has 0 bridgehead atoms. The van der Waals surface area contributed by atoms with Crippen molar-refractivity contribution in [2.75, 3.05) is 24.5 Å². The number of nitriles is 2. The van der Waals surface area contributed by atoms with E-state index in [1.165, 1.54) is 34.9 Å². The van der Waals surface area contributed by atoms with E-state index in [0.29, 0.717) is 29.8 Å². The molecule has 0 spiro atoms. The molecule has 3 heterocycles. The maximum Gasteiger partial charge on any atom is 0.252 e. The molecule has 0 N–H and O–H groups in total. The van der Waals surface area contributed by atoms with E-state index in [-0.39, 0.29) is 29.4 Å². The van der Waals surface area contributed by atoms with Gasteiger partial charge in [-0.25, -0.2) is 13.8 Å². The van der Waals surface area contributed by atoms with Crippen LogP contribution in [-0.4, -0.2) is 40.1 Å². The molecule has 0 aliphatic carbocycles. The fourth-order valence-electron chi connectivity index (χ4n) is 4.92. The highest BCUT2D eigenvalue weighted by Gasteiger charge is 2.35. The van der Waals surface area contributed by atoms with Crippen LogP contribution in [-0.2, 0) is 7.05 Å². The molecule has 4 aromatic rings. The van der Waals surface area contributed by atoms with E-state index >= 15 is 0 Å². The van der Waals surface area contributed by atoms with Crippen LogP contribution >= 0.6 is 0 Å². The highest BCUT2D eigenvalue weighted by molar-refractivity contribution is 5.88. The smallest absolute Gasteiger partial charge is 0.252 e. The molecule has 184 valence electrons. The largest absolute Gasteiger partial charge is 0.366 e. The van der Waals surface area contributed by atoms with E-state index in [2.05, 4.69) is 11.1 Å². The number of hydrogen-bond acceptors (Lipinski definition) is 6. The van der Waals surface area contributed by atoms with Gasteiger partial charge in [-0.3, -0.25) is 9.69 Å². The molecular weight excluding hydrogens is 474 g/mol. The zero-order valence-corrected chi connectivity index (χ0v) is 20.0. The second-order valence-electron chi connectivity index (χ2n) is 8.94. The first kappa shape index (κ1) is 24.1. The van der Waals surface area contributed by atoms with Crippen LogP contribution < -0.4 is 10.5 Å². The minimum atomic E-state index is -0.605. The predicted octanol–water partition coefficient (Wildman–Crippen LogP) is 3.89. The summed E-state index contributed by atoms with van der Waals surface area (Å²) in [7, 11) is 1.65. The second-order valence-corrected chi connectivity index (χ2v) is 8.94. The molecule has 37 heavy (non-hydrogen) atoms. The summed E-state index contributed by atoms with van der Waals surface area (Å²) < 4.78 is 28.9. The van der Waals surface area contributed by atoms with E-state index in [1.54, 1.807) is 43.4 Å². The molecule has 1 aliphatic heterocycles. The Morgan fingerprint density at radius 2 is 1.57 bits per heavy atom. The topological polar surface area (TPSA) is 88.9 Å². The zero-order chi connectivity index (χ0) is 26.1. The van der Waals surface area contributed by atoms with Crippen molar-refractivity contribution < 1.29 is 8.78 Å². The van der Waals surface area contributed by atoms with Gasteiger partial charge in [-0.05, 0) is 47.5 Å². The van der Waals surface area contributed by atoms with E-state index < -0.39 is 12.1 Å². The first-order valence-electron chi connectivity index (χ1n) is 11.7. The molecule has 0 radical (unpaired) electrons. The number of rotatable bonds is 4. The summed E-state index contributed by atoms with van der Waals surface area (Å²) in [6.45, 7) is 1.18. The van der Waals surface area contributed by atoms with E-state index in [4.69, 9.17) is 0 Å². The predicted molar refractivity (Wildman–Crippen MR) is 135 cm³/mol. The van der Waals surface area contributed by atoms with Crippen molar-refractivity contribution >= 4 is 16.7 Å². The summed E-state index contributed by atoms with van der Waals surface area (Å²) in [6.07, 6.45) is 0.